The molecule has 0 atom stereocenters. The molecule has 0 unspecified atom stereocenters. The van der Waals surface area contributed by atoms with Gasteiger partial charge in [0.05, 0.1) is 14.2 Å². The van der Waals surface area contributed by atoms with Gasteiger partial charge in [-0.2, -0.15) is 5.26 Å². The van der Waals surface area contributed by atoms with E-state index in [2.05, 4.69) is 12.2 Å². The van der Waals surface area contributed by atoms with Gasteiger partial charge in [-0.1, -0.05) is 37.6 Å². The molecule has 0 aliphatic rings. The van der Waals surface area contributed by atoms with Crippen molar-refractivity contribution in [3.05, 3.63) is 59.2 Å². The van der Waals surface area contributed by atoms with Crippen molar-refractivity contribution in [3.63, 3.8) is 0 Å². The maximum absolute atomic E-state index is 12.5. The molecule has 1 N–H and O–H groups in total. The van der Waals surface area contributed by atoms with E-state index in [1.165, 1.54) is 25.9 Å². The molecule has 0 bridgehead atoms. The third kappa shape index (κ3) is 5.35. The number of ether oxygens (including phenoxy) is 2. The second-order valence-corrected chi connectivity index (χ2v) is 6.01. The highest BCUT2D eigenvalue weighted by atomic mass is 16.5. The Balaban J connectivity index is 2.19. The van der Waals surface area contributed by atoms with Crippen LogP contribution in [0.25, 0.3) is 6.08 Å². The fraction of sp³-hybridized carbons (Fsp3) is 0.273. The molecule has 1 amide bonds. The molecule has 0 saturated heterocycles. The van der Waals surface area contributed by atoms with Gasteiger partial charge in [-0.05, 0) is 42.7 Å². The Kier molecular flexibility index (Phi) is 7.45. The maximum Gasteiger partial charge on any atom is 0.266 e. The monoisotopic (exact) mass is 364 g/mol. The Bertz CT molecular complexity index is 849. The number of nitrogens with zero attached hydrogens (tertiary/aromatic N) is 1. The van der Waals surface area contributed by atoms with Crippen molar-refractivity contribution in [2.75, 3.05) is 19.5 Å². The molecule has 5 heteroatoms. The van der Waals surface area contributed by atoms with Crippen molar-refractivity contribution in [1.82, 2.24) is 0 Å². The highest BCUT2D eigenvalue weighted by Crippen LogP contribution is 2.32. The number of unbranched alkanes of at least 4 members (excludes halogenated alkanes) is 1. The highest BCUT2D eigenvalue weighted by molar-refractivity contribution is 6.09. The lowest BCUT2D eigenvalue weighted by atomic mass is 10.1. The Morgan fingerprint density at radius 3 is 2.48 bits per heavy atom. The van der Waals surface area contributed by atoms with Crippen molar-refractivity contribution in [2.45, 2.75) is 26.2 Å². The van der Waals surface area contributed by atoms with E-state index in [-0.39, 0.29) is 5.57 Å². The molecular formula is C22H24N2O3. The summed E-state index contributed by atoms with van der Waals surface area (Å²) >= 11 is 0. The third-order valence-corrected chi connectivity index (χ3v) is 4.13. The molecule has 27 heavy (non-hydrogen) atoms. The summed E-state index contributed by atoms with van der Waals surface area (Å²) < 4.78 is 10.6. The standard InChI is InChI=1S/C22H24N2O3/c1-4-5-7-16-10-12-19(13-11-16)24-22(25)18(15-23)14-17-8-6-9-20(26-2)21(17)27-3/h6,8-14H,4-5,7H2,1-3H3,(H,24,25)/b18-14+. The molecule has 0 saturated carbocycles. The first kappa shape index (κ1) is 20.1. The number of benzene rings is 2. The van der Waals surface area contributed by atoms with E-state index in [0.717, 1.165) is 19.3 Å². The predicted octanol–water partition coefficient (Wildman–Crippen LogP) is 4.59. The number of methoxy groups -OCH3 is 2. The van der Waals surface area contributed by atoms with Gasteiger partial charge < -0.3 is 14.8 Å². The van der Waals surface area contributed by atoms with Gasteiger partial charge >= 0.3 is 0 Å². The van der Waals surface area contributed by atoms with E-state index in [1.807, 2.05) is 30.3 Å². The number of carbonyl (C=O) groups excluding carboxylic acids is 1. The quantitative estimate of drug-likeness (QED) is 0.549. The molecule has 0 fully saturated rings. The van der Waals surface area contributed by atoms with Crippen LogP contribution in [0.3, 0.4) is 0 Å². The third-order valence-electron chi connectivity index (χ3n) is 4.13. The van der Waals surface area contributed by atoms with Crippen LogP contribution in [0.2, 0.25) is 0 Å². The molecule has 0 aliphatic carbocycles. The van der Waals surface area contributed by atoms with E-state index in [0.29, 0.717) is 22.7 Å². The van der Waals surface area contributed by atoms with Crippen LogP contribution in [0, 0.1) is 11.3 Å². The Morgan fingerprint density at radius 1 is 1.15 bits per heavy atom. The number of rotatable bonds is 8. The number of aryl methyl sites for hydroxylation is 1. The fourth-order valence-corrected chi connectivity index (χ4v) is 2.66. The van der Waals surface area contributed by atoms with Crippen molar-refractivity contribution in [3.8, 4) is 17.6 Å². The zero-order chi connectivity index (χ0) is 19.6. The highest BCUT2D eigenvalue weighted by Gasteiger charge is 2.13. The molecule has 2 aromatic rings. The normalized spacial score (nSPS) is 10.8. The fourth-order valence-electron chi connectivity index (χ4n) is 2.66. The van der Waals surface area contributed by atoms with Gasteiger partial charge in [0.25, 0.3) is 5.91 Å². The molecule has 2 aromatic carbocycles. The number of anilines is 1. The number of hydrogen-bond donors (Lipinski definition) is 1. The van der Waals surface area contributed by atoms with Crippen LogP contribution < -0.4 is 14.8 Å². The molecule has 140 valence electrons. The van der Waals surface area contributed by atoms with Crippen molar-refractivity contribution in [2.24, 2.45) is 0 Å². The lowest BCUT2D eigenvalue weighted by Gasteiger charge is -2.10. The van der Waals surface area contributed by atoms with Crippen molar-refractivity contribution >= 4 is 17.7 Å². The molecule has 0 radical (unpaired) electrons. The summed E-state index contributed by atoms with van der Waals surface area (Å²) in [5.41, 5.74) is 2.46. The average molecular weight is 364 g/mol. The Morgan fingerprint density at radius 2 is 1.89 bits per heavy atom. The summed E-state index contributed by atoms with van der Waals surface area (Å²) in [5.74, 6) is 0.538. The minimum atomic E-state index is -0.469. The number of para-hydroxylation sites is 1. The SMILES string of the molecule is CCCCc1ccc(NC(=O)/C(C#N)=C/c2cccc(OC)c2OC)cc1. The molecule has 0 heterocycles. The van der Waals surface area contributed by atoms with E-state index in [1.54, 1.807) is 18.2 Å². The minimum Gasteiger partial charge on any atom is -0.493 e. The topological polar surface area (TPSA) is 71.4 Å². The number of nitriles is 1. The van der Waals surface area contributed by atoms with E-state index in [9.17, 15) is 10.1 Å². The van der Waals surface area contributed by atoms with Gasteiger partial charge in [-0.25, -0.2) is 0 Å². The molecule has 2 rings (SSSR count). The second-order valence-electron chi connectivity index (χ2n) is 6.01. The zero-order valence-corrected chi connectivity index (χ0v) is 15.9. The average Bonchev–Trinajstić information content (AvgIpc) is 2.70. The van der Waals surface area contributed by atoms with Gasteiger partial charge in [0.15, 0.2) is 11.5 Å². The van der Waals surface area contributed by atoms with Gasteiger partial charge in [0, 0.05) is 11.3 Å². The van der Waals surface area contributed by atoms with Crippen molar-refractivity contribution in [1.29, 1.82) is 5.26 Å². The molecule has 0 spiro atoms. The first-order valence-corrected chi connectivity index (χ1v) is 8.86. The molecular weight excluding hydrogens is 340 g/mol. The first-order chi connectivity index (χ1) is 13.1. The van der Waals surface area contributed by atoms with Crippen molar-refractivity contribution < 1.29 is 14.3 Å². The predicted molar refractivity (Wildman–Crippen MR) is 107 cm³/mol. The first-order valence-electron chi connectivity index (χ1n) is 8.86. The van der Waals surface area contributed by atoms with E-state index >= 15 is 0 Å². The lowest BCUT2D eigenvalue weighted by molar-refractivity contribution is -0.112. The summed E-state index contributed by atoms with van der Waals surface area (Å²) in [5, 5.41) is 12.2. The minimum absolute atomic E-state index is 0.0170. The summed E-state index contributed by atoms with van der Waals surface area (Å²) in [7, 11) is 3.05. The van der Waals surface area contributed by atoms with Gasteiger partial charge in [-0.3, -0.25) is 4.79 Å². The summed E-state index contributed by atoms with van der Waals surface area (Å²) in [6.45, 7) is 2.15. The number of nitrogens with one attached hydrogen (secondary N) is 1. The lowest BCUT2D eigenvalue weighted by Crippen LogP contribution is -2.13. The van der Waals surface area contributed by atoms with E-state index < -0.39 is 5.91 Å². The van der Waals surface area contributed by atoms with Crippen LogP contribution in [0.5, 0.6) is 11.5 Å². The van der Waals surface area contributed by atoms with Crippen LogP contribution in [0.4, 0.5) is 5.69 Å². The number of carbonyl (C=O) groups is 1. The van der Waals surface area contributed by atoms with E-state index in [4.69, 9.17) is 9.47 Å². The molecule has 5 nitrogen and oxygen atoms in total. The van der Waals surface area contributed by atoms with Gasteiger partial charge in [0.1, 0.15) is 11.6 Å². The number of amides is 1. The zero-order valence-electron chi connectivity index (χ0n) is 15.9. The van der Waals surface area contributed by atoms with Gasteiger partial charge in [-0.15, -0.1) is 0 Å². The van der Waals surface area contributed by atoms with Gasteiger partial charge in [0.2, 0.25) is 0 Å². The van der Waals surface area contributed by atoms with Crippen LogP contribution >= 0.6 is 0 Å². The summed E-state index contributed by atoms with van der Waals surface area (Å²) in [6, 6.07) is 14.9. The van der Waals surface area contributed by atoms with Crippen LogP contribution in [-0.4, -0.2) is 20.1 Å². The van der Waals surface area contributed by atoms with Crippen LogP contribution in [0.15, 0.2) is 48.0 Å². The largest absolute Gasteiger partial charge is 0.493 e. The molecule has 0 aromatic heterocycles. The maximum atomic E-state index is 12.5. The van der Waals surface area contributed by atoms with Crippen LogP contribution in [-0.2, 0) is 11.2 Å². The smallest absolute Gasteiger partial charge is 0.266 e. The summed E-state index contributed by atoms with van der Waals surface area (Å²) in [6.07, 6.45) is 4.79. The number of hydrogen-bond acceptors (Lipinski definition) is 4. The Labute approximate surface area is 160 Å². The molecule has 0 aliphatic heterocycles. The summed E-state index contributed by atoms with van der Waals surface area (Å²) in [4.78, 5) is 12.5. The second kappa shape index (κ2) is 10.0. The Hall–Kier alpha value is -3.26. The van der Waals surface area contributed by atoms with Crippen LogP contribution in [0.1, 0.15) is 30.9 Å².